The summed E-state index contributed by atoms with van der Waals surface area (Å²) in [6.07, 6.45) is -2.26. The molecule has 0 amide bonds. The van der Waals surface area contributed by atoms with Crippen molar-refractivity contribution in [3.8, 4) is 5.88 Å². The van der Waals surface area contributed by atoms with Gasteiger partial charge in [-0.25, -0.2) is 10.1 Å². The molecule has 1 fully saturated rings. The average molecular weight is 549 g/mol. The standard InChI is InChI=1S/C20H33N6O8PS/c1-6-31-16-13-15(23-19(21)24-16)26(10-22-13)18-20(5,29)14(27)12(34-18)9-33-35(30,36-8-3)25-11(4)17(28)32-7-2/h10-12,14,18,27,29H,6-9H2,1-5H3,(H,25,30)(H2,21,23,24)/t11-,12-,14-,18-,20-,35+/m1/s1. The highest BCUT2D eigenvalue weighted by Crippen LogP contribution is 2.56. The van der Waals surface area contributed by atoms with E-state index < -0.39 is 42.8 Å². The van der Waals surface area contributed by atoms with Crippen LogP contribution in [0.15, 0.2) is 6.33 Å². The predicted molar refractivity (Wildman–Crippen MR) is 132 cm³/mol. The number of aromatic nitrogens is 4. The van der Waals surface area contributed by atoms with E-state index in [1.807, 2.05) is 0 Å². The van der Waals surface area contributed by atoms with Crippen molar-refractivity contribution in [3.63, 3.8) is 0 Å². The Balaban J connectivity index is 1.81. The van der Waals surface area contributed by atoms with Crippen molar-refractivity contribution in [1.29, 1.82) is 0 Å². The number of nitrogens with two attached hydrogens (primary N) is 1. The van der Waals surface area contributed by atoms with E-state index in [-0.39, 0.29) is 30.7 Å². The first-order valence-electron chi connectivity index (χ1n) is 11.5. The molecule has 2 aromatic heterocycles. The minimum absolute atomic E-state index is 0.0647. The van der Waals surface area contributed by atoms with Crippen LogP contribution in [0, 0.1) is 0 Å². The molecule has 3 heterocycles. The summed E-state index contributed by atoms with van der Waals surface area (Å²) in [4.78, 5) is 24.5. The Bertz CT molecular complexity index is 1120. The first-order chi connectivity index (χ1) is 17.0. The highest BCUT2D eigenvalue weighted by Gasteiger charge is 2.54. The summed E-state index contributed by atoms with van der Waals surface area (Å²) in [6.45, 7) is 4.72. The van der Waals surface area contributed by atoms with Gasteiger partial charge in [0, 0.05) is 5.75 Å². The van der Waals surface area contributed by atoms with Gasteiger partial charge in [0.2, 0.25) is 11.8 Å². The summed E-state index contributed by atoms with van der Waals surface area (Å²) < 4.78 is 36.8. The van der Waals surface area contributed by atoms with Crippen LogP contribution in [-0.4, -0.2) is 85.1 Å². The van der Waals surface area contributed by atoms with Crippen molar-refractivity contribution in [2.45, 2.75) is 64.7 Å². The van der Waals surface area contributed by atoms with Gasteiger partial charge < -0.3 is 34.7 Å². The molecule has 36 heavy (non-hydrogen) atoms. The lowest BCUT2D eigenvalue weighted by Gasteiger charge is -2.27. The second-order valence-corrected chi connectivity index (χ2v) is 12.7. The smallest absolute Gasteiger partial charge is 0.327 e. The lowest BCUT2D eigenvalue weighted by atomic mass is 9.96. The van der Waals surface area contributed by atoms with Crippen LogP contribution in [0.1, 0.15) is 40.8 Å². The summed E-state index contributed by atoms with van der Waals surface area (Å²) in [6, 6.07) is -0.887. The highest BCUT2D eigenvalue weighted by atomic mass is 32.7. The molecule has 14 nitrogen and oxygen atoms in total. The van der Waals surface area contributed by atoms with Gasteiger partial charge in [0.1, 0.15) is 23.9 Å². The van der Waals surface area contributed by atoms with Crippen LogP contribution in [0.25, 0.3) is 11.2 Å². The van der Waals surface area contributed by atoms with Crippen LogP contribution in [0.4, 0.5) is 5.95 Å². The minimum atomic E-state index is -3.59. The number of fused-ring (bicyclic) bond motifs is 1. The zero-order valence-corrected chi connectivity index (χ0v) is 22.5. The molecule has 1 aliphatic rings. The molecular weight excluding hydrogens is 515 g/mol. The van der Waals surface area contributed by atoms with Crippen molar-refractivity contribution >= 4 is 41.2 Å². The number of nitrogen functional groups attached to an aromatic ring is 1. The predicted octanol–water partition coefficient (Wildman–Crippen LogP) is 1.24. The number of aliphatic hydroxyl groups excluding tert-OH is 1. The summed E-state index contributed by atoms with van der Waals surface area (Å²) in [5.74, 6) is -0.0301. The Morgan fingerprint density at radius 1 is 1.39 bits per heavy atom. The molecule has 0 unspecified atom stereocenters. The molecule has 0 aromatic carbocycles. The first kappa shape index (κ1) is 28.6. The van der Waals surface area contributed by atoms with E-state index in [0.29, 0.717) is 17.9 Å². The summed E-state index contributed by atoms with van der Waals surface area (Å²) in [7, 11) is 0. The Morgan fingerprint density at radius 3 is 2.75 bits per heavy atom. The second kappa shape index (κ2) is 11.6. The van der Waals surface area contributed by atoms with E-state index >= 15 is 0 Å². The van der Waals surface area contributed by atoms with Gasteiger partial charge in [-0.05, 0) is 27.7 Å². The summed E-state index contributed by atoms with van der Waals surface area (Å²) in [5, 5.41) is 24.7. The Kier molecular flexibility index (Phi) is 9.20. The van der Waals surface area contributed by atoms with Gasteiger partial charge in [-0.2, -0.15) is 9.97 Å². The molecule has 6 atom stereocenters. The Labute approximate surface area is 212 Å². The van der Waals surface area contributed by atoms with E-state index in [2.05, 4.69) is 20.0 Å². The van der Waals surface area contributed by atoms with E-state index in [9.17, 15) is 19.6 Å². The number of aliphatic hydroxyl groups is 2. The maximum atomic E-state index is 13.3. The first-order valence-corrected chi connectivity index (χ1v) is 14.7. The van der Waals surface area contributed by atoms with Gasteiger partial charge in [0.15, 0.2) is 17.4 Å². The van der Waals surface area contributed by atoms with Crippen LogP contribution >= 0.6 is 18.1 Å². The maximum Gasteiger partial charge on any atom is 0.327 e. The third kappa shape index (κ3) is 5.93. The van der Waals surface area contributed by atoms with Crippen molar-refractivity contribution in [2.75, 3.05) is 31.3 Å². The van der Waals surface area contributed by atoms with Crippen LogP contribution < -0.4 is 15.6 Å². The molecule has 1 saturated heterocycles. The fourth-order valence-corrected chi connectivity index (χ4v) is 7.31. The number of nitrogens with zero attached hydrogens (tertiary/aromatic N) is 4. The number of carbonyl (C=O) groups is 1. The van der Waals surface area contributed by atoms with Gasteiger partial charge in [-0.15, -0.1) is 0 Å². The van der Waals surface area contributed by atoms with Gasteiger partial charge in [0.05, 0.1) is 26.1 Å². The number of ether oxygens (including phenoxy) is 3. The highest BCUT2D eigenvalue weighted by molar-refractivity contribution is 8.56. The van der Waals surface area contributed by atoms with E-state index in [1.54, 1.807) is 20.8 Å². The van der Waals surface area contributed by atoms with Gasteiger partial charge in [0.25, 0.3) is 0 Å². The molecule has 202 valence electrons. The quantitative estimate of drug-likeness (QED) is 0.218. The van der Waals surface area contributed by atoms with Crippen LogP contribution in [0.3, 0.4) is 0 Å². The van der Waals surface area contributed by atoms with Crippen molar-refractivity contribution in [1.82, 2.24) is 24.6 Å². The monoisotopic (exact) mass is 548 g/mol. The Hall–Kier alpha value is -2.00. The number of anilines is 1. The van der Waals surface area contributed by atoms with Gasteiger partial charge in [-0.3, -0.25) is 13.9 Å². The van der Waals surface area contributed by atoms with Crippen LogP contribution in [-0.2, 0) is 23.4 Å². The molecule has 1 aliphatic heterocycles. The minimum Gasteiger partial charge on any atom is -0.476 e. The lowest BCUT2D eigenvalue weighted by Crippen LogP contribution is -2.44. The zero-order chi connectivity index (χ0) is 26.7. The maximum absolute atomic E-state index is 13.3. The number of esters is 1. The molecule has 0 radical (unpaired) electrons. The molecule has 16 heteroatoms. The molecule has 0 aliphatic carbocycles. The third-order valence-corrected chi connectivity index (χ3v) is 9.61. The van der Waals surface area contributed by atoms with Crippen LogP contribution in [0.2, 0.25) is 0 Å². The lowest BCUT2D eigenvalue weighted by molar-refractivity contribution is -0.144. The topological polar surface area (TPSA) is 193 Å². The fourth-order valence-electron chi connectivity index (χ4n) is 3.70. The second-order valence-electron chi connectivity index (χ2n) is 8.16. The van der Waals surface area contributed by atoms with Crippen LogP contribution in [0.5, 0.6) is 5.88 Å². The molecular formula is C20H33N6O8PS. The van der Waals surface area contributed by atoms with Crippen molar-refractivity contribution in [3.05, 3.63) is 6.33 Å². The number of carbonyl (C=O) groups excluding carboxylic acids is 1. The van der Waals surface area contributed by atoms with Crippen molar-refractivity contribution < 1.29 is 38.3 Å². The van der Waals surface area contributed by atoms with Gasteiger partial charge in [-0.1, -0.05) is 18.3 Å². The number of rotatable bonds is 12. The molecule has 5 N–H and O–H groups in total. The third-order valence-electron chi connectivity index (χ3n) is 5.39. The number of imidazole rings is 1. The summed E-state index contributed by atoms with van der Waals surface area (Å²) >= 11 is 0.990. The Morgan fingerprint density at radius 2 is 2.11 bits per heavy atom. The number of hydrogen-bond donors (Lipinski definition) is 4. The molecule has 0 bridgehead atoms. The van der Waals surface area contributed by atoms with E-state index in [4.69, 9.17) is 24.5 Å². The number of hydrogen-bond acceptors (Lipinski definition) is 13. The summed E-state index contributed by atoms with van der Waals surface area (Å²) in [5.41, 5.74) is 4.56. The van der Waals surface area contributed by atoms with E-state index in [0.717, 1.165) is 11.4 Å². The zero-order valence-electron chi connectivity index (χ0n) is 20.8. The normalized spacial score (nSPS) is 26.6. The molecule has 0 spiro atoms. The fraction of sp³-hybridized carbons (Fsp3) is 0.700. The number of nitrogens with one attached hydrogen (secondary N) is 1. The molecule has 0 saturated carbocycles. The SMILES string of the molecule is CCOC(=O)[C@@H](C)N[P@](=O)(OC[C@H]1O[C@@H](n2cnc3c(OCC)nc(N)nc32)[C@](C)(O)[C@@H]1O)SCC. The van der Waals surface area contributed by atoms with Gasteiger partial charge >= 0.3 is 12.7 Å². The van der Waals surface area contributed by atoms with E-state index in [1.165, 1.54) is 24.7 Å². The molecule has 2 aromatic rings. The average Bonchev–Trinajstić information content (AvgIpc) is 3.31. The largest absolute Gasteiger partial charge is 0.476 e. The molecule has 3 rings (SSSR count). The van der Waals surface area contributed by atoms with Crippen molar-refractivity contribution in [2.24, 2.45) is 0 Å².